The second-order valence-electron chi connectivity index (χ2n) is 9.43. The molecule has 5 rings (SSSR count). The van der Waals surface area contributed by atoms with E-state index in [2.05, 4.69) is 15.4 Å². The second kappa shape index (κ2) is 10.6. The molecule has 0 fully saturated rings. The number of carbonyl (C=O) groups excluding carboxylic acids is 2. The van der Waals surface area contributed by atoms with Gasteiger partial charge in [0.05, 0.1) is 17.6 Å². The molecule has 0 aliphatic rings. The zero-order chi connectivity index (χ0) is 28.6. The molecule has 40 heavy (non-hydrogen) atoms. The van der Waals surface area contributed by atoms with Gasteiger partial charge in [0.1, 0.15) is 5.56 Å². The van der Waals surface area contributed by atoms with Gasteiger partial charge in [-0.15, -0.1) is 0 Å². The van der Waals surface area contributed by atoms with Crippen LogP contribution in [-0.4, -0.2) is 26.3 Å². The normalized spacial score (nSPS) is 11.7. The Morgan fingerprint density at radius 2 is 1.62 bits per heavy atom. The van der Waals surface area contributed by atoms with E-state index in [1.165, 1.54) is 18.2 Å². The second-order valence-corrected chi connectivity index (χ2v) is 9.87. The molecule has 0 saturated carbocycles. The van der Waals surface area contributed by atoms with Crippen LogP contribution in [0.3, 0.4) is 0 Å². The van der Waals surface area contributed by atoms with Gasteiger partial charge in [-0.25, -0.2) is 9.50 Å². The van der Waals surface area contributed by atoms with Gasteiger partial charge in [0, 0.05) is 21.7 Å². The molecule has 2 aromatic heterocycles. The molecule has 1 amide bonds. The number of nitrogens with zero attached hydrogens (tertiary/aromatic N) is 3. The van der Waals surface area contributed by atoms with E-state index in [9.17, 15) is 22.8 Å². The van der Waals surface area contributed by atoms with Gasteiger partial charge in [0.15, 0.2) is 17.1 Å². The number of ketones is 1. The standard InChI is InChI=1S/C30H22ClF3N4O2/c1-17(2)18-8-10-19(11-9-18)25-15-26(30(32,33)34)38-28(36-25)23(16-35-38)29(40)37-24-13-12-21(31)14-22(24)27(39)20-6-4-3-5-7-20/h3-17H,1-2H3,(H,37,40). The number of hydrogen-bond acceptors (Lipinski definition) is 4. The summed E-state index contributed by atoms with van der Waals surface area (Å²) < 4.78 is 42.7. The van der Waals surface area contributed by atoms with Crippen molar-refractivity contribution in [2.75, 3.05) is 5.32 Å². The molecule has 0 spiro atoms. The highest BCUT2D eigenvalue weighted by atomic mass is 35.5. The monoisotopic (exact) mass is 562 g/mol. The highest BCUT2D eigenvalue weighted by Crippen LogP contribution is 2.33. The number of anilines is 1. The Morgan fingerprint density at radius 3 is 2.27 bits per heavy atom. The fourth-order valence-electron chi connectivity index (χ4n) is 4.26. The quantitative estimate of drug-likeness (QED) is 0.215. The lowest BCUT2D eigenvalue weighted by molar-refractivity contribution is -0.142. The van der Waals surface area contributed by atoms with Gasteiger partial charge in [0.25, 0.3) is 5.91 Å². The number of hydrogen-bond donors (Lipinski definition) is 1. The highest BCUT2D eigenvalue weighted by Gasteiger charge is 2.36. The van der Waals surface area contributed by atoms with E-state index < -0.39 is 17.8 Å². The first-order chi connectivity index (χ1) is 19.0. The van der Waals surface area contributed by atoms with Crippen molar-refractivity contribution >= 4 is 34.6 Å². The van der Waals surface area contributed by atoms with E-state index in [4.69, 9.17) is 11.6 Å². The molecule has 0 atom stereocenters. The van der Waals surface area contributed by atoms with Crippen LogP contribution in [0.4, 0.5) is 18.9 Å². The Kier molecular flexibility index (Phi) is 7.16. The molecule has 0 aliphatic carbocycles. The summed E-state index contributed by atoms with van der Waals surface area (Å²) in [5.74, 6) is -0.929. The molecule has 0 bridgehead atoms. The van der Waals surface area contributed by atoms with Crippen LogP contribution < -0.4 is 5.32 Å². The minimum atomic E-state index is -4.76. The molecule has 0 aliphatic heterocycles. The Hall–Kier alpha value is -4.50. The lowest BCUT2D eigenvalue weighted by Crippen LogP contribution is -2.17. The fourth-order valence-corrected chi connectivity index (χ4v) is 4.43. The SMILES string of the molecule is CC(C)c1ccc(-c2cc(C(F)(F)F)n3ncc(C(=O)Nc4ccc(Cl)cc4C(=O)c4ccccc4)c3n2)cc1. The molecule has 0 unspecified atom stereocenters. The van der Waals surface area contributed by atoms with E-state index in [0.717, 1.165) is 17.8 Å². The van der Waals surface area contributed by atoms with Gasteiger partial charge in [-0.2, -0.15) is 18.3 Å². The predicted octanol–water partition coefficient (Wildman–Crippen LogP) is 7.68. The van der Waals surface area contributed by atoms with Gasteiger partial charge < -0.3 is 5.32 Å². The third kappa shape index (κ3) is 5.33. The zero-order valence-corrected chi connectivity index (χ0v) is 22.1. The zero-order valence-electron chi connectivity index (χ0n) is 21.3. The smallest absolute Gasteiger partial charge is 0.321 e. The molecular weight excluding hydrogens is 541 g/mol. The molecule has 0 saturated heterocycles. The summed E-state index contributed by atoms with van der Waals surface area (Å²) in [5.41, 5.74) is 0.604. The topological polar surface area (TPSA) is 76.4 Å². The van der Waals surface area contributed by atoms with Gasteiger partial charge in [-0.3, -0.25) is 9.59 Å². The summed E-state index contributed by atoms with van der Waals surface area (Å²) in [6.45, 7) is 4.02. The van der Waals surface area contributed by atoms with Crippen LogP contribution in [0.25, 0.3) is 16.9 Å². The fraction of sp³-hybridized carbons (Fsp3) is 0.133. The number of alkyl halides is 3. The maximum atomic E-state index is 14.0. The van der Waals surface area contributed by atoms with Crippen molar-refractivity contribution in [1.82, 2.24) is 14.6 Å². The number of carbonyl (C=O) groups is 2. The number of benzene rings is 3. The van der Waals surface area contributed by atoms with Gasteiger partial charge in [0.2, 0.25) is 0 Å². The van der Waals surface area contributed by atoms with Gasteiger partial charge >= 0.3 is 6.18 Å². The predicted molar refractivity (Wildman–Crippen MR) is 147 cm³/mol. The maximum absolute atomic E-state index is 14.0. The van der Waals surface area contributed by atoms with Gasteiger partial charge in [-0.05, 0) is 35.7 Å². The lowest BCUT2D eigenvalue weighted by atomic mass is 10.0. The molecule has 5 aromatic rings. The first-order valence-corrected chi connectivity index (χ1v) is 12.7. The minimum absolute atomic E-state index is 0.0381. The average Bonchev–Trinajstić information content (AvgIpc) is 3.37. The number of amides is 1. The molecule has 0 radical (unpaired) electrons. The summed E-state index contributed by atoms with van der Waals surface area (Å²) >= 11 is 6.13. The summed E-state index contributed by atoms with van der Waals surface area (Å²) in [6.07, 6.45) is -3.74. The first-order valence-electron chi connectivity index (χ1n) is 12.3. The third-order valence-electron chi connectivity index (χ3n) is 6.39. The van der Waals surface area contributed by atoms with Crippen molar-refractivity contribution in [2.45, 2.75) is 25.9 Å². The first kappa shape index (κ1) is 27.1. The van der Waals surface area contributed by atoms with Crippen LogP contribution in [-0.2, 0) is 6.18 Å². The molecule has 6 nitrogen and oxygen atoms in total. The number of nitrogens with one attached hydrogen (secondary N) is 1. The summed E-state index contributed by atoms with van der Waals surface area (Å²) in [7, 11) is 0. The van der Waals surface area contributed by atoms with Crippen LogP contribution in [0.1, 0.15) is 57.3 Å². The summed E-state index contributed by atoms with van der Waals surface area (Å²) in [5, 5.41) is 6.73. The van der Waals surface area contributed by atoms with Crippen molar-refractivity contribution in [3.8, 4) is 11.3 Å². The number of rotatable bonds is 6. The minimum Gasteiger partial charge on any atom is -0.321 e. The van der Waals surface area contributed by atoms with Crippen LogP contribution >= 0.6 is 11.6 Å². The molecule has 202 valence electrons. The summed E-state index contributed by atoms with van der Waals surface area (Å²) in [4.78, 5) is 30.9. The largest absolute Gasteiger partial charge is 0.433 e. The molecule has 10 heteroatoms. The van der Waals surface area contributed by atoms with E-state index in [-0.39, 0.29) is 44.9 Å². The van der Waals surface area contributed by atoms with Crippen LogP contribution in [0.2, 0.25) is 5.02 Å². The van der Waals surface area contributed by atoms with Crippen LogP contribution in [0.5, 0.6) is 0 Å². The van der Waals surface area contributed by atoms with E-state index in [1.807, 2.05) is 26.0 Å². The van der Waals surface area contributed by atoms with Crippen molar-refractivity contribution in [3.05, 3.63) is 118 Å². The summed E-state index contributed by atoms with van der Waals surface area (Å²) in [6, 6.07) is 20.7. The van der Waals surface area contributed by atoms with E-state index in [1.54, 1.807) is 42.5 Å². The van der Waals surface area contributed by atoms with Crippen molar-refractivity contribution < 1.29 is 22.8 Å². The maximum Gasteiger partial charge on any atom is 0.433 e. The lowest BCUT2D eigenvalue weighted by Gasteiger charge is -2.13. The number of aromatic nitrogens is 3. The van der Waals surface area contributed by atoms with Crippen LogP contribution in [0.15, 0.2) is 85.1 Å². The number of halogens is 4. The molecule has 2 heterocycles. The molecule has 1 N–H and O–H groups in total. The van der Waals surface area contributed by atoms with E-state index >= 15 is 0 Å². The Bertz CT molecular complexity index is 1730. The number of fused-ring (bicyclic) bond motifs is 1. The van der Waals surface area contributed by atoms with Crippen LogP contribution in [0, 0.1) is 0 Å². The molecular formula is C30H22ClF3N4O2. The van der Waals surface area contributed by atoms with Crippen molar-refractivity contribution in [2.24, 2.45) is 0 Å². The van der Waals surface area contributed by atoms with Gasteiger partial charge in [-0.1, -0.05) is 80.0 Å². The van der Waals surface area contributed by atoms with Crippen molar-refractivity contribution in [3.63, 3.8) is 0 Å². The third-order valence-corrected chi connectivity index (χ3v) is 6.63. The molecule has 3 aromatic carbocycles. The Balaban J connectivity index is 1.57. The highest BCUT2D eigenvalue weighted by molar-refractivity contribution is 6.31. The Morgan fingerprint density at radius 1 is 0.925 bits per heavy atom. The average molecular weight is 563 g/mol. The van der Waals surface area contributed by atoms with E-state index in [0.29, 0.717) is 15.6 Å². The van der Waals surface area contributed by atoms with Crippen molar-refractivity contribution in [1.29, 1.82) is 0 Å². The Labute approximate surface area is 232 Å².